The normalized spacial score (nSPS) is 16.7. The number of carbonyl (C=O) groups is 1. The van der Waals surface area contributed by atoms with Gasteiger partial charge in [0.05, 0.1) is 6.04 Å². The lowest BCUT2D eigenvalue weighted by Gasteiger charge is -2.26. The third-order valence-corrected chi connectivity index (χ3v) is 4.98. The molecule has 1 saturated heterocycles. The molecule has 9 heteroatoms. The van der Waals surface area contributed by atoms with Gasteiger partial charge < -0.3 is 15.5 Å². The van der Waals surface area contributed by atoms with E-state index in [2.05, 4.69) is 10.1 Å². The van der Waals surface area contributed by atoms with Crippen LogP contribution in [0.4, 0.5) is 20.4 Å². The van der Waals surface area contributed by atoms with E-state index in [-0.39, 0.29) is 23.3 Å². The first-order chi connectivity index (χ1) is 13.4. The Kier molecular flexibility index (Phi) is 4.37. The number of carbonyl (C=O) groups excluding carboxylic acids is 1. The van der Waals surface area contributed by atoms with Gasteiger partial charge in [-0.05, 0) is 37.1 Å². The van der Waals surface area contributed by atoms with Gasteiger partial charge in [0.2, 0.25) is 0 Å². The van der Waals surface area contributed by atoms with Crippen LogP contribution in [0.25, 0.3) is 5.65 Å². The van der Waals surface area contributed by atoms with Gasteiger partial charge >= 0.3 is 0 Å². The Morgan fingerprint density at radius 1 is 1.29 bits per heavy atom. The smallest absolute Gasteiger partial charge is 0.261 e. The molecule has 2 aromatic heterocycles. The van der Waals surface area contributed by atoms with Crippen LogP contribution in [-0.4, -0.2) is 46.0 Å². The van der Waals surface area contributed by atoms with Gasteiger partial charge in [-0.2, -0.15) is 0 Å². The van der Waals surface area contributed by atoms with Crippen molar-refractivity contribution in [1.29, 1.82) is 0 Å². The molecule has 1 aliphatic rings. The molecular formula is C19H20F2N6O. The van der Waals surface area contributed by atoms with E-state index in [0.717, 1.165) is 18.6 Å². The monoisotopic (exact) mass is 386 g/mol. The van der Waals surface area contributed by atoms with Gasteiger partial charge in [0.1, 0.15) is 23.0 Å². The molecular weight excluding hydrogens is 366 g/mol. The summed E-state index contributed by atoms with van der Waals surface area (Å²) in [4.78, 5) is 20.4. The summed E-state index contributed by atoms with van der Waals surface area (Å²) in [5.41, 5.74) is 6.78. The minimum Gasteiger partial charge on any atom is -0.381 e. The van der Waals surface area contributed by atoms with Gasteiger partial charge in [-0.25, -0.2) is 18.3 Å². The van der Waals surface area contributed by atoms with Crippen molar-refractivity contribution in [1.82, 2.24) is 19.5 Å². The molecule has 0 unspecified atom stereocenters. The predicted molar refractivity (Wildman–Crippen MR) is 101 cm³/mol. The Morgan fingerprint density at radius 2 is 2.07 bits per heavy atom. The number of nitrogens with zero attached hydrogens (tertiary/aromatic N) is 5. The summed E-state index contributed by atoms with van der Waals surface area (Å²) in [5.74, 6) is -0.569. The van der Waals surface area contributed by atoms with Crippen molar-refractivity contribution in [3.63, 3.8) is 0 Å². The average molecular weight is 386 g/mol. The third kappa shape index (κ3) is 2.92. The number of rotatable bonds is 3. The molecule has 3 aromatic rings. The van der Waals surface area contributed by atoms with Crippen molar-refractivity contribution in [2.45, 2.75) is 18.9 Å². The van der Waals surface area contributed by atoms with Gasteiger partial charge in [-0.1, -0.05) is 0 Å². The summed E-state index contributed by atoms with van der Waals surface area (Å²) in [6.07, 6.45) is 3.16. The number of halogens is 2. The number of nitrogen functional groups attached to an aromatic ring is 1. The van der Waals surface area contributed by atoms with Crippen LogP contribution < -0.4 is 10.6 Å². The van der Waals surface area contributed by atoms with Crippen molar-refractivity contribution in [3.05, 3.63) is 53.2 Å². The summed E-state index contributed by atoms with van der Waals surface area (Å²) in [6.45, 7) is 0.643. The van der Waals surface area contributed by atoms with Crippen LogP contribution in [0.5, 0.6) is 0 Å². The number of hydrogen-bond donors (Lipinski definition) is 1. The molecule has 1 fully saturated rings. The first-order valence-electron chi connectivity index (χ1n) is 8.95. The largest absolute Gasteiger partial charge is 0.381 e. The zero-order valence-electron chi connectivity index (χ0n) is 15.6. The van der Waals surface area contributed by atoms with Crippen LogP contribution in [0.2, 0.25) is 0 Å². The second-order valence-electron chi connectivity index (χ2n) is 7.03. The summed E-state index contributed by atoms with van der Waals surface area (Å²) in [7, 11) is 3.25. The van der Waals surface area contributed by atoms with Crippen LogP contribution >= 0.6 is 0 Å². The van der Waals surface area contributed by atoms with E-state index in [0.29, 0.717) is 30.0 Å². The number of anilines is 2. The van der Waals surface area contributed by atoms with Crippen molar-refractivity contribution in [2.75, 3.05) is 31.3 Å². The van der Waals surface area contributed by atoms with Crippen molar-refractivity contribution in [2.24, 2.45) is 0 Å². The minimum absolute atomic E-state index is 0.0949. The second kappa shape index (κ2) is 6.74. The molecule has 7 nitrogen and oxygen atoms in total. The standard InChI is InChI=1S/C19H20F2N6O/c1-25(2)19(28)16-17(22)24-27-9-7-15(23-18(16)27)26-8-3-4-14(26)12-10-11(20)5-6-13(12)21/h5-7,9-10,14H,3-4,8H2,1-2H3,(H2,22,24)/t14-/m1/s1. The van der Waals surface area contributed by atoms with Gasteiger partial charge in [-0.3, -0.25) is 4.79 Å². The second-order valence-corrected chi connectivity index (χ2v) is 7.03. The van der Waals surface area contributed by atoms with Crippen LogP contribution in [0.3, 0.4) is 0 Å². The van der Waals surface area contributed by atoms with Crippen molar-refractivity contribution in [3.8, 4) is 0 Å². The number of hydrogen-bond acceptors (Lipinski definition) is 5. The number of aromatic nitrogens is 3. The molecule has 0 radical (unpaired) electrons. The van der Waals surface area contributed by atoms with Gasteiger partial charge in [-0.15, -0.1) is 5.10 Å². The molecule has 3 heterocycles. The Hall–Kier alpha value is -3.23. The highest BCUT2D eigenvalue weighted by Crippen LogP contribution is 2.37. The molecule has 0 bridgehead atoms. The third-order valence-electron chi connectivity index (χ3n) is 4.98. The van der Waals surface area contributed by atoms with E-state index in [4.69, 9.17) is 5.73 Å². The molecule has 0 saturated carbocycles. The highest BCUT2D eigenvalue weighted by atomic mass is 19.1. The number of benzene rings is 1. The lowest BCUT2D eigenvalue weighted by molar-refractivity contribution is 0.0830. The summed E-state index contributed by atoms with van der Waals surface area (Å²) < 4.78 is 29.5. The lowest BCUT2D eigenvalue weighted by atomic mass is 10.0. The fourth-order valence-corrected chi connectivity index (χ4v) is 3.66. The van der Waals surface area contributed by atoms with Gasteiger partial charge in [0, 0.05) is 32.4 Å². The molecule has 1 atom stereocenters. The molecule has 1 aliphatic heterocycles. The topological polar surface area (TPSA) is 79.8 Å². The fourth-order valence-electron chi connectivity index (χ4n) is 3.66. The van der Waals surface area contributed by atoms with Crippen LogP contribution in [0, 0.1) is 11.6 Å². The molecule has 2 N–H and O–H groups in total. The SMILES string of the molecule is CN(C)C(=O)c1c(N)nn2ccc(N3CCC[C@@H]3c3cc(F)ccc3F)nc12. The highest BCUT2D eigenvalue weighted by molar-refractivity contribution is 6.04. The number of fused-ring (bicyclic) bond motifs is 1. The van der Waals surface area contributed by atoms with E-state index in [1.807, 2.05) is 4.90 Å². The molecule has 0 aliphatic carbocycles. The summed E-state index contributed by atoms with van der Waals surface area (Å²) >= 11 is 0. The van der Waals surface area contributed by atoms with Gasteiger partial charge in [0.15, 0.2) is 11.5 Å². The molecule has 28 heavy (non-hydrogen) atoms. The predicted octanol–water partition coefficient (Wildman–Crippen LogP) is 2.63. The molecule has 4 rings (SSSR count). The maximum Gasteiger partial charge on any atom is 0.261 e. The van der Waals surface area contributed by atoms with Crippen LogP contribution in [-0.2, 0) is 0 Å². The van der Waals surface area contributed by atoms with E-state index in [9.17, 15) is 13.6 Å². The molecule has 1 aromatic carbocycles. The average Bonchev–Trinajstić information content (AvgIpc) is 3.26. The Balaban J connectivity index is 1.79. The van der Waals surface area contributed by atoms with E-state index < -0.39 is 11.6 Å². The molecule has 1 amide bonds. The highest BCUT2D eigenvalue weighted by Gasteiger charge is 2.30. The molecule has 146 valence electrons. The maximum absolute atomic E-state index is 14.3. The van der Waals surface area contributed by atoms with E-state index >= 15 is 0 Å². The minimum atomic E-state index is -0.478. The van der Waals surface area contributed by atoms with Crippen LogP contribution in [0.15, 0.2) is 30.5 Å². The van der Waals surface area contributed by atoms with Crippen LogP contribution in [0.1, 0.15) is 34.8 Å². The van der Waals surface area contributed by atoms with Crippen molar-refractivity contribution >= 4 is 23.2 Å². The van der Waals surface area contributed by atoms with E-state index in [1.165, 1.54) is 15.5 Å². The Labute approximate surface area is 160 Å². The number of nitrogens with two attached hydrogens (primary N) is 1. The lowest BCUT2D eigenvalue weighted by Crippen LogP contribution is -2.25. The van der Waals surface area contributed by atoms with E-state index in [1.54, 1.807) is 26.4 Å². The zero-order valence-corrected chi connectivity index (χ0v) is 15.6. The first-order valence-corrected chi connectivity index (χ1v) is 8.95. The number of amides is 1. The maximum atomic E-state index is 14.3. The first kappa shape index (κ1) is 18.1. The Bertz CT molecular complexity index is 1060. The van der Waals surface area contributed by atoms with Crippen molar-refractivity contribution < 1.29 is 13.6 Å². The zero-order chi connectivity index (χ0) is 20.0. The molecule has 0 spiro atoms. The fraction of sp³-hybridized carbons (Fsp3) is 0.316. The summed E-state index contributed by atoms with van der Waals surface area (Å²) in [5, 5.41) is 4.14. The Morgan fingerprint density at radius 3 is 2.82 bits per heavy atom. The summed E-state index contributed by atoms with van der Waals surface area (Å²) in [6, 6.07) is 4.88. The van der Waals surface area contributed by atoms with Gasteiger partial charge in [0.25, 0.3) is 5.91 Å². The quantitative estimate of drug-likeness (QED) is 0.749.